The summed E-state index contributed by atoms with van der Waals surface area (Å²) < 4.78 is 1.82. The van der Waals surface area contributed by atoms with Gasteiger partial charge in [-0.15, -0.1) is 11.3 Å². The van der Waals surface area contributed by atoms with Gasteiger partial charge in [-0.1, -0.05) is 18.9 Å². The molecule has 0 amide bonds. The van der Waals surface area contributed by atoms with Crippen LogP contribution in [0.5, 0.6) is 0 Å². The number of nitrogens with zero attached hydrogens (tertiary/aromatic N) is 7. The molecule has 132 valence electrons. The molecule has 3 aromatic heterocycles. The first-order chi connectivity index (χ1) is 12.2. The van der Waals surface area contributed by atoms with Crippen LogP contribution in [0.15, 0.2) is 0 Å². The summed E-state index contributed by atoms with van der Waals surface area (Å²) in [6, 6.07) is 0. The molecule has 1 fully saturated rings. The summed E-state index contributed by atoms with van der Waals surface area (Å²) in [5.74, 6) is 2.43. The van der Waals surface area contributed by atoms with Gasteiger partial charge >= 0.3 is 0 Å². The van der Waals surface area contributed by atoms with E-state index in [0.29, 0.717) is 11.7 Å². The highest BCUT2D eigenvalue weighted by atomic mass is 32.1. The number of rotatable bonds is 2. The number of hydrogen-bond acceptors (Lipinski definition) is 7. The predicted octanol–water partition coefficient (Wildman–Crippen LogP) is 2.35. The average molecular weight is 357 g/mol. The Hall–Kier alpha value is -1.80. The van der Waals surface area contributed by atoms with Gasteiger partial charge in [0.15, 0.2) is 0 Å². The lowest BCUT2D eigenvalue weighted by atomic mass is 9.99. The van der Waals surface area contributed by atoms with Crippen molar-refractivity contribution < 1.29 is 0 Å². The summed E-state index contributed by atoms with van der Waals surface area (Å²) in [6.45, 7) is 9.98. The molecule has 0 saturated carbocycles. The zero-order valence-corrected chi connectivity index (χ0v) is 15.6. The van der Waals surface area contributed by atoms with Crippen LogP contribution >= 0.6 is 11.3 Å². The molecule has 25 heavy (non-hydrogen) atoms. The molecule has 8 heteroatoms. The van der Waals surface area contributed by atoms with Gasteiger partial charge in [-0.05, 0) is 47.7 Å². The van der Waals surface area contributed by atoms with Crippen LogP contribution in [0.3, 0.4) is 0 Å². The van der Waals surface area contributed by atoms with E-state index in [2.05, 4.69) is 39.2 Å². The van der Waals surface area contributed by atoms with Crippen LogP contribution in [-0.2, 0) is 13.0 Å². The van der Waals surface area contributed by atoms with Gasteiger partial charge in [0.1, 0.15) is 10.6 Å². The molecule has 2 aliphatic rings. The average Bonchev–Trinajstić information content (AvgIpc) is 3.24. The highest BCUT2D eigenvalue weighted by Crippen LogP contribution is 2.40. The molecule has 5 rings (SSSR count). The van der Waals surface area contributed by atoms with E-state index in [1.54, 1.807) is 0 Å². The maximum atomic E-state index is 4.89. The monoisotopic (exact) mass is 357 g/mol. The number of tetrazole rings is 1. The van der Waals surface area contributed by atoms with E-state index in [0.717, 1.165) is 49.8 Å². The number of aromatic nitrogens is 5. The van der Waals surface area contributed by atoms with Crippen LogP contribution in [-0.4, -0.2) is 56.1 Å². The van der Waals surface area contributed by atoms with Crippen molar-refractivity contribution in [3.05, 3.63) is 10.4 Å². The Labute approximate surface area is 150 Å². The Kier molecular flexibility index (Phi) is 3.63. The lowest BCUT2D eigenvalue weighted by molar-refractivity contribution is 0.272. The molecule has 0 aliphatic carbocycles. The van der Waals surface area contributed by atoms with Gasteiger partial charge in [0.2, 0.25) is 0 Å². The third-order valence-corrected chi connectivity index (χ3v) is 6.79. The third-order valence-electron chi connectivity index (χ3n) is 5.60. The van der Waals surface area contributed by atoms with E-state index in [-0.39, 0.29) is 0 Å². The minimum Gasteiger partial charge on any atom is -0.356 e. The molecule has 1 unspecified atom stereocenters. The molecule has 5 heterocycles. The number of anilines is 1. The highest BCUT2D eigenvalue weighted by Gasteiger charge is 2.28. The first-order valence-corrected chi connectivity index (χ1v) is 10.1. The van der Waals surface area contributed by atoms with E-state index in [1.807, 2.05) is 15.9 Å². The van der Waals surface area contributed by atoms with Gasteiger partial charge in [0, 0.05) is 31.1 Å². The molecule has 0 N–H and O–H groups in total. The Morgan fingerprint density at radius 1 is 1.28 bits per heavy atom. The van der Waals surface area contributed by atoms with Crippen molar-refractivity contribution in [2.45, 2.75) is 39.7 Å². The summed E-state index contributed by atoms with van der Waals surface area (Å²) in [4.78, 5) is 12.5. The van der Waals surface area contributed by atoms with Crippen molar-refractivity contribution in [2.24, 2.45) is 5.92 Å². The lowest BCUT2D eigenvalue weighted by Gasteiger charge is -2.32. The number of thiophene rings is 1. The fraction of sp³-hybridized carbons (Fsp3) is 0.647. The normalized spacial score (nSPS) is 22.0. The lowest BCUT2D eigenvalue weighted by Crippen LogP contribution is -2.35. The Morgan fingerprint density at radius 3 is 3.04 bits per heavy atom. The first kappa shape index (κ1) is 15.5. The second-order valence-corrected chi connectivity index (χ2v) is 8.41. The maximum Gasteiger partial charge on any atom is 0.276 e. The van der Waals surface area contributed by atoms with Crippen molar-refractivity contribution in [1.29, 1.82) is 0 Å². The van der Waals surface area contributed by atoms with Crippen molar-refractivity contribution in [3.8, 4) is 0 Å². The van der Waals surface area contributed by atoms with Crippen molar-refractivity contribution in [2.75, 3.05) is 31.1 Å². The molecule has 3 aromatic rings. The molecular weight excluding hydrogens is 334 g/mol. The zero-order valence-electron chi connectivity index (χ0n) is 14.8. The highest BCUT2D eigenvalue weighted by molar-refractivity contribution is 7.19. The van der Waals surface area contributed by atoms with Crippen LogP contribution in [0.2, 0.25) is 0 Å². The molecule has 0 aromatic carbocycles. The van der Waals surface area contributed by atoms with Crippen LogP contribution in [0.1, 0.15) is 37.1 Å². The van der Waals surface area contributed by atoms with E-state index >= 15 is 0 Å². The van der Waals surface area contributed by atoms with E-state index < -0.39 is 0 Å². The SMILES string of the molecule is CCN1CCc2c(sc3c2c(N2CCCC(C)C2)nc2nnnn23)C1. The molecule has 1 saturated heterocycles. The van der Waals surface area contributed by atoms with Gasteiger partial charge in [0.05, 0.1) is 5.39 Å². The largest absolute Gasteiger partial charge is 0.356 e. The molecule has 7 nitrogen and oxygen atoms in total. The number of likely N-dealkylation sites (N-methyl/N-ethyl adjacent to an activating group) is 1. The molecule has 0 bridgehead atoms. The summed E-state index contributed by atoms with van der Waals surface area (Å²) in [5.41, 5.74) is 1.47. The summed E-state index contributed by atoms with van der Waals surface area (Å²) in [6.07, 6.45) is 3.63. The molecule has 0 spiro atoms. The predicted molar refractivity (Wildman–Crippen MR) is 99.2 cm³/mol. The van der Waals surface area contributed by atoms with Crippen molar-refractivity contribution in [1.82, 2.24) is 29.9 Å². The maximum absolute atomic E-state index is 4.89. The van der Waals surface area contributed by atoms with E-state index in [4.69, 9.17) is 4.98 Å². The number of fused-ring (bicyclic) bond motifs is 5. The smallest absolute Gasteiger partial charge is 0.276 e. The summed E-state index contributed by atoms with van der Waals surface area (Å²) in [7, 11) is 0. The van der Waals surface area contributed by atoms with Crippen molar-refractivity contribution in [3.63, 3.8) is 0 Å². The fourth-order valence-electron chi connectivity index (χ4n) is 4.24. The molecule has 1 atom stereocenters. The van der Waals surface area contributed by atoms with Gasteiger partial charge in [-0.2, -0.15) is 9.50 Å². The Bertz CT molecular complexity index is 930. The summed E-state index contributed by atoms with van der Waals surface area (Å²) in [5, 5.41) is 13.5. The van der Waals surface area contributed by atoms with E-state index in [1.165, 1.54) is 28.7 Å². The standard InChI is InChI=1S/C17H23N7S/c1-3-22-8-6-12-13(10-22)25-16-14(12)15(18-17-19-20-21-24(16)17)23-7-4-5-11(2)9-23/h11H,3-10H2,1-2H3. The molecular formula is C17H23N7S. The van der Waals surface area contributed by atoms with Gasteiger partial charge in [0.25, 0.3) is 5.78 Å². The third kappa shape index (κ3) is 2.42. The zero-order chi connectivity index (χ0) is 17.0. The van der Waals surface area contributed by atoms with Crippen LogP contribution in [0, 0.1) is 5.92 Å². The van der Waals surface area contributed by atoms with Crippen LogP contribution < -0.4 is 4.90 Å². The van der Waals surface area contributed by atoms with Gasteiger partial charge in [-0.3, -0.25) is 4.90 Å². The van der Waals surface area contributed by atoms with Gasteiger partial charge < -0.3 is 4.90 Å². The number of piperidine rings is 1. The topological polar surface area (TPSA) is 62.5 Å². The van der Waals surface area contributed by atoms with E-state index in [9.17, 15) is 0 Å². The van der Waals surface area contributed by atoms with Gasteiger partial charge in [-0.25, -0.2) is 0 Å². The second kappa shape index (κ2) is 5.88. The molecule has 2 aliphatic heterocycles. The molecule has 0 radical (unpaired) electrons. The Morgan fingerprint density at radius 2 is 2.20 bits per heavy atom. The quantitative estimate of drug-likeness (QED) is 0.702. The van der Waals surface area contributed by atoms with Crippen LogP contribution in [0.25, 0.3) is 16.0 Å². The number of hydrogen-bond donors (Lipinski definition) is 0. The second-order valence-electron chi connectivity index (χ2n) is 7.32. The van der Waals surface area contributed by atoms with Crippen molar-refractivity contribution >= 4 is 33.1 Å². The van der Waals surface area contributed by atoms with Crippen LogP contribution in [0.4, 0.5) is 5.82 Å². The fourth-order valence-corrected chi connectivity index (χ4v) is 5.57. The minimum atomic E-state index is 0.617. The summed E-state index contributed by atoms with van der Waals surface area (Å²) >= 11 is 1.84. The Balaban J connectivity index is 1.73. The first-order valence-electron chi connectivity index (χ1n) is 9.24. The minimum absolute atomic E-state index is 0.617.